The van der Waals surface area contributed by atoms with Gasteiger partial charge in [0, 0.05) is 11.1 Å². The Labute approximate surface area is 257 Å². The maximum absolute atomic E-state index is 2.70. The molecule has 2 spiro atoms. The van der Waals surface area contributed by atoms with E-state index in [1.54, 1.807) is 16.7 Å². The van der Waals surface area contributed by atoms with Crippen LogP contribution in [0.1, 0.15) is 88.5 Å². The quantitative estimate of drug-likeness (QED) is 0.240. The SMILES string of the molecule is CC1(C)CCC(C)(C)c2c(N(c3ccccc3)c3cccc4c3C3(c5ccccc5-4)C4CC5CC6CC3C64C5)cccc21. The van der Waals surface area contributed by atoms with Crippen LogP contribution in [-0.4, -0.2) is 0 Å². The van der Waals surface area contributed by atoms with Gasteiger partial charge in [0.15, 0.2) is 0 Å². The normalized spacial score (nSPS) is 34.0. The zero-order valence-electron chi connectivity index (χ0n) is 26.2. The molecule has 0 aromatic heterocycles. The fourth-order valence-corrected chi connectivity index (χ4v) is 12.4. The first-order chi connectivity index (χ1) is 20.8. The van der Waals surface area contributed by atoms with Crippen LogP contribution in [0.5, 0.6) is 0 Å². The Balaban J connectivity index is 1.28. The Morgan fingerprint density at radius 2 is 1.23 bits per heavy atom. The van der Waals surface area contributed by atoms with E-state index in [9.17, 15) is 0 Å². The highest BCUT2D eigenvalue weighted by molar-refractivity contribution is 5.93. The van der Waals surface area contributed by atoms with Crippen molar-refractivity contribution in [2.75, 3.05) is 4.90 Å². The Morgan fingerprint density at radius 1 is 0.581 bits per heavy atom. The van der Waals surface area contributed by atoms with Gasteiger partial charge >= 0.3 is 0 Å². The molecule has 4 aromatic rings. The van der Waals surface area contributed by atoms with Gasteiger partial charge < -0.3 is 4.90 Å². The van der Waals surface area contributed by atoms with Gasteiger partial charge in [0.05, 0.1) is 11.4 Å². The van der Waals surface area contributed by atoms with Crippen LogP contribution in [0.3, 0.4) is 0 Å². The van der Waals surface area contributed by atoms with E-state index in [0.29, 0.717) is 5.41 Å². The number of nitrogens with zero attached hydrogens (tertiary/aromatic N) is 1. The molecule has 10 rings (SSSR count). The van der Waals surface area contributed by atoms with Gasteiger partial charge in [-0.3, -0.25) is 0 Å². The first-order valence-electron chi connectivity index (χ1n) is 17.0. The minimum Gasteiger partial charge on any atom is -0.310 e. The van der Waals surface area contributed by atoms with Crippen molar-refractivity contribution in [3.63, 3.8) is 0 Å². The van der Waals surface area contributed by atoms with Gasteiger partial charge in [-0.05, 0) is 136 Å². The summed E-state index contributed by atoms with van der Waals surface area (Å²) in [7, 11) is 0. The van der Waals surface area contributed by atoms with Crippen LogP contribution in [0.4, 0.5) is 17.1 Å². The van der Waals surface area contributed by atoms with Crippen molar-refractivity contribution in [3.8, 4) is 11.1 Å². The van der Waals surface area contributed by atoms with Crippen LogP contribution in [0.2, 0.25) is 0 Å². The summed E-state index contributed by atoms with van der Waals surface area (Å²) in [5, 5.41) is 0. The fraction of sp³-hybridized carbons (Fsp3) is 0.429. The summed E-state index contributed by atoms with van der Waals surface area (Å²) in [6.45, 7) is 9.89. The van der Waals surface area contributed by atoms with E-state index in [-0.39, 0.29) is 16.2 Å². The molecule has 1 heteroatoms. The molecule has 4 saturated carbocycles. The van der Waals surface area contributed by atoms with E-state index < -0.39 is 0 Å². The zero-order valence-corrected chi connectivity index (χ0v) is 26.2. The van der Waals surface area contributed by atoms with Gasteiger partial charge in [-0.1, -0.05) is 94.4 Å². The second-order valence-corrected chi connectivity index (χ2v) is 16.4. The molecule has 2 bridgehead atoms. The number of anilines is 3. The first kappa shape index (κ1) is 25.1. The third-order valence-corrected chi connectivity index (χ3v) is 13.9. The third-order valence-electron chi connectivity index (χ3n) is 13.9. The minimum atomic E-state index is 0.111. The van der Waals surface area contributed by atoms with Crippen molar-refractivity contribution in [2.24, 2.45) is 29.1 Å². The number of hydrogen-bond acceptors (Lipinski definition) is 1. The second kappa shape index (κ2) is 7.84. The molecular formula is C42H43N. The third kappa shape index (κ3) is 2.75. The van der Waals surface area contributed by atoms with Crippen LogP contribution in [0.25, 0.3) is 11.1 Å². The average Bonchev–Trinajstić information content (AvgIpc) is 3.64. The molecule has 0 aliphatic heterocycles. The van der Waals surface area contributed by atoms with E-state index in [0.717, 1.165) is 23.7 Å². The van der Waals surface area contributed by atoms with E-state index in [1.165, 1.54) is 72.3 Å². The van der Waals surface area contributed by atoms with E-state index in [4.69, 9.17) is 0 Å². The smallest absolute Gasteiger partial charge is 0.0509 e. The number of fused-ring (bicyclic) bond motifs is 9. The number of rotatable bonds is 3. The predicted octanol–water partition coefficient (Wildman–Crippen LogP) is 10.8. The van der Waals surface area contributed by atoms with Gasteiger partial charge in [0.2, 0.25) is 0 Å². The van der Waals surface area contributed by atoms with Crippen LogP contribution >= 0.6 is 0 Å². The lowest BCUT2D eigenvalue weighted by molar-refractivity contribution is -0.231. The maximum Gasteiger partial charge on any atom is 0.0509 e. The molecular weight excluding hydrogens is 518 g/mol. The molecule has 6 aliphatic rings. The summed E-state index contributed by atoms with van der Waals surface area (Å²) in [5.74, 6) is 3.54. The predicted molar refractivity (Wildman–Crippen MR) is 177 cm³/mol. The summed E-state index contributed by atoms with van der Waals surface area (Å²) in [6.07, 6.45) is 8.33. The maximum atomic E-state index is 2.70. The summed E-state index contributed by atoms with van der Waals surface area (Å²) in [5.41, 5.74) is 14.5. The first-order valence-corrected chi connectivity index (χ1v) is 17.0. The Kier molecular flexibility index (Phi) is 4.57. The van der Waals surface area contributed by atoms with Crippen LogP contribution in [0.15, 0.2) is 91.0 Å². The summed E-state index contributed by atoms with van der Waals surface area (Å²) in [6, 6.07) is 35.4. The van der Waals surface area contributed by atoms with E-state index >= 15 is 0 Å². The van der Waals surface area contributed by atoms with Gasteiger partial charge in [-0.2, -0.15) is 0 Å². The lowest BCUT2D eigenvalue weighted by Crippen LogP contribution is -2.73. The molecule has 6 unspecified atom stereocenters. The van der Waals surface area contributed by atoms with Crippen molar-refractivity contribution in [1.29, 1.82) is 0 Å². The minimum absolute atomic E-state index is 0.111. The molecule has 1 nitrogen and oxygen atoms in total. The topological polar surface area (TPSA) is 3.24 Å². The highest BCUT2D eigenvalue weighted by Gasteiger charge is 2.84. The Morgan fingerprint density at radius 3 is 2.05 bits per heavy atom. The molecule has 6 atom stereocenters. The zero-order chi connectivity index (χ0) is 28.9. The molecule has 0 amide bonds. The van der Waals surface area contributed by atoms with Crippen LogP contribution in [-0.2, 0) is 16.2 Å². The molecule has 43 heavy (non-hydrogen) atoms. The summed E-state index contributed by atoms with van der Waals surface area (Å²) < 4.78 is 0. The van der Waals surface area contributed by atoms with Gasteiger partial charge in [-0.15, -0.1) is 0 Å². The molecule has 4 fully saturated rings. The lowest BCUT2D eigenvalue weighted by atomic mass is 9.26. The Bertz CT molecular complexity index is 1830. The van der Waals surface area contributed by atoms with Gasteiger partial charge in [0.25, 0.3) is 0 Å². The molecule has 0 heterocycles. The number of para-hydroxylation sites is 1. The fourth-order valence-electron chi connectivity index (χ4n) is 12.4. The van der Waals surface area contributed by atoms with Crippen molar-refractivity contribution < 1.29 is 0 Å². The summed E-state index contributed by atoms with van der Waals surface area (Å²) in [4.78, 5) is 2.70. The Hall–Kier alpha value is -3.32. The number of hydrogen-bond donors (Lipinski definition) is 0. The van der Waals surface area contributed by atoms with Crippen LogP contribution < -0.4 is 4.90 Å². The average molecular weight is 562 g/mol. The molecule has 0 saturated heterocycles. The molecule has 6 aliphatic carbocycles. The van der Waals surface area contributed by atoms with Crippen molar-refractivity contribution in [2.45, 2.75) is 82.5 Å². The number of benzene rings is 4. The molecule has 0 radical (unpaired) electrons. The second-order valence-electron chi connectivity index (χ2n) is 16.4. The largest absolute Gasteiger partial charge is 0.310 e. The van der Waals surface area contributed by atoms with Crippen LogP contribution in [0, 0.1) is 29.1 Å². The van der Waals surface area contributed by atoms with Gasteiger partial charge in [0.1, 0.15) is 0 Å². The highest BCUT2D eigenvalue weighted by atomic mass is 15.2. The molecule has 216 valence electrons. The molecule has 4 aromatic carbocycles. The van der Waals surface area contributed by atoms with E-state index in [2.05, 4.69) is 124 Å². The lowest BCUT2D eigenvalue weighted by Gasteiger charge is -2.76. The standard InChI is InChI=1S/C42H43N/c1-39(2)20-21-40(3,4)38-32(39)17-11-19-34(38)43(28-12-6-5-7-13-28)33-18-10-15-30-29-14-8-9-16-31(29)42(37(30)33)35-23-26-22-27-24-36(42)41(27,35)25-26/h5-19,26-27,35-36H,20-25H2,1-4H3. The monoisotopic (exact) mass is 561 g/mol. The highest BCUT2D eigenvalue weighted by Crippen LogP contribution is 2.90. The summed E-state index contributed by atoms with van der Waals surface area (Å²) >= 11 is 0. The van der Waals surface area contributed by atoms with Crippen molar-refractivity contribution >= 4 is 17.1 Å². The van der Waals surface area contributed by atoms with Gasteiger partial charge in [-0.25, -0.2) is 0 Å². The molecule has 0 N–H and O–H groups in total. The van der Waals surface area contributed by atoms with Crippen molar-refractivity contribution in [1.82, 2.24) is 0 Å². The van der Waals surface area contributed by atoms with Crippen molar-refractivity contribution in [3.05, 3.63) is 113 Å². The van der Waals surface area contributed by atoms with E-state index in [1.807, 2.05) is 0 Å².